The number of phenols is 1. The standard InChI is InChI=1S/C16H19NO4/c1-4-17(15-7-12(18)6-5-10(15)2)9-13-8-14(16(19)20)11(3)21-13/h5-8,18H,4,9H2,1-3H3,(H,19,20). The normalized spacial score (nSPS) is 10.6. The summed E-state index contributed by atoms with van der Waals surface area (Å²) in [7, 11) is 0. The van der Waals surface area contributed by atoms with Crippen LogP contribution in [0.15, 0.2) is 28.7 Å². The van der Waals surface area contributed by atoms with E-state index >= 15 is 0 Å². The Kier molecular flexibility index (Phi) is 4.21. The first kappa shape index (κ1) is 15.0. The van der Waals surface area contributed by atoms with E-state index in [1.807, 2.05) is 24.8 Å². The van der Waals surface area contributed by atoms with E-state index in [0.29, 0.717) is 24.6 Å². The van der Waals surface area contributed by atoms with Crippen LogP contribution < -0.4 is 4.90 Å². The van der Waals surface area contributed by atoms with Gasteiger partial charge in [0.1, 0.15) is 22.8 Å². The van der Waals surface area contributed by atoms with E-state index in [-0.39, 0.29) is 11.3 Å². The average Bonchev–Trinajstić information content (AvgIpc) is 2.80. The van der Waals surface area contributed by atoms with Crippen LogP contribution in [0.1, 0.15) is 34.4 Å². The van der Waals surface area contributed by atoms with Crippen molar-refractivity contribution in [2.45, 2.75) is 27.3 Å². The first-order chi connectivity index (χ1) is 9.92. The van der Waals surface area contributed by atoms with Crippen molar-refractivity contribution in [1.29, 1.82) is 0 Å². The zero-order valence-corrected chi connectivity index (χ0v) is 12.4. The van der Waals surface area contributed by atoms with Gasteiger partial charge in [-0.25, -0.2) is 4.79 Å². The highest BCUT2D eigenvalue weighted by molar-refractivity contribution is 5.88. The van der Waals surface area contributed by atoms with Gasteiger partial charge in [0.2, 0.25) is 0 Å². The topological polar surface area (TPSA) is 73.9 Å². The van der Waals surface area contributed by atoms with Gasteiger partial charge in [-0.1, -0.05) is 6.07 Å². The number of benzene rings is 1. The molecule has 1 aromatic carbocycles. The number of rotatable bonds is 5. The van der Waals surface area contributed by atoms with Gasteiger partial charge < -0.3 is 19.5 Å². The molecular weight excluding hydrogens is 270 g/mol. The van der Waals surface area contributed by atoms with Crippen molar-refractivity contribution in [3.8, 4) is 5.75 Å². The summed E-state index contributed by atoms with van der Waals surface area (Å²) in [5, 5.41) is 18.7. The molecule has 0 radical (unpaired) electrons. The zero-order valence-electron chi connectivity index (χ0n) is 12.4. The molecule has 0 atom stereocenters. The van der Waals surface area contributed by atoms with E-state index in [1.54, 1.807) is 25.1 Å². The molecule has 2 aromatic rings. The molecule has 0 amide bonds. The van der Waals surface area contributed by atoms with Crippen LogP contribution in [-0.2, 0) is 6.54 Å². The fourth-order valence-corrected chi connectivity index (χ4v) is 2.33. The SMILES string of the molecule is CCN(Cc1cc(C(=O)O)c(C)o1)c1cc(O)ccc1C. The molecule has 0 aliphatic rings. The molecule has 0 unspecified atom stereocenters. The molecule has 1 heterocycles. The molecule has 2 N–H and O–H groups in total. The van der Waals surface area contributed by atoms with E-state index in [2.05, 4.69) is 0 Å². The second-order valence-corrected chi connectivity index (χ2v) is 4.97. The number of aromatic carboxylic acids is 1. The van der Waals surface area contributed by atoms with E-state index in [0.717, 1.165) is 11.3 Å². The Labute approximate surface area is 123 Å². The van der Waals surface area contributed by atoms with Crippen molar-refractivity contribution in [3.05, 3.63) is 46.9 Å². The lowest BCUT2D eigenvalue weighted by Gasteiger charge is -2.24. The number of aryl methyl sites for hydroxylation is 2. The molecule has 0 spiro atoms. The van der Waals surface area contributed by atoms with Crippen LogP contribution in [0.3, 0.4) is 0 Å². The molecule has 0 bridgehead atoms. The van der Waals surface area contributed by atoms with Gasteiger partial charge >= 0.3 is 5.97 Å². The van der Waals surface area contributed by atoms with Gasteiger partial charge in [0.05, 0.1) is 6.54 Å². The fourth-order valence-electron chi connectivity index (χ4n) is 2.33. The number of hydrogen-bond donors (Lipinski definition) is 2. The number of nitrogens with zero attached hydrogens (tertiary/aromatic N) is 1. The summed E-state index contributed by atoms with van der Waals surface area (Å²) in [5.74, 6) is 0.214. The predicted octanol–water partition coefficient (Wildman–Crippen LogP) is 3.33. The Hall–Kier alpha value is -2.43. The fraction of sp³-hybridized carbons (Fsp3) is 0.312. The van der Waals surface area contributed by atoms with Crippen LogP contribution >= 0.6 is 0 Å². The Morgan fingerprint density at radius 2 is 2.00 bits per heavy atom. The first-order valence-electron chi connectivity index (χ1n) is 6.79. The number of aromatic hydroxyl groups is 1. The van der Waals surface area contributed by atoms with Gasteiger partial charge in [-0.3, -0.25) is 0 Å². The number of carboxylic acids is 1. The number of furan rings is 1. The average molecular weight is 289 g/mol. The molecule has 112 valence electrons. The van der Waals surface area contributed by atoms with Crippen molar-refractivity contribution in [2.24, 2.45) is 0 Å². The molecule has 2 rings (SSSR count). The maximum atomic E-state index is 11.1. The molecule has 0 saturated carbocycles. The van der Waals surface area contributed by atoms with Gasteiger partial charge in [0.15, 0.2) is 0 Å². The molecule has 0 saturated heterocycles. The van der Waals surface area contributed by atoms with E-state index < -0.39 is 5.97 Å². The van der Waals surface area contributed by atoms with Crippen LogP contribution in [0.5, 0.6) is 5.75 Å². The van der Waals surface area contributed by atoms with Crippen molar-refractivity contribution < 1.29 is 19.4 Å². The number of anilines is 1. The Morgan fingerprint density at radius 3 is 2.57 bits per heavy atom. The quantitative estimate of drug-likeness (QED) is 0.883. The summed E-state index contributed by atoms with van der Waals surface area (Å²) in [6.45, 7) is 6.77. The molecule has 21 heavy (non-hydrogen) atoms. The third-order valence-electron chi connectivity index (χ3n) is 3.46. The maximum Gasteiger partial charge on any atom is 0.339 e. The third-order valence-corrected chi connectivity index (χ3v) is 3.46. The highest BCUT2D eigenvalue weighted by atomic mass is 16.4. The molecule has 0 fully saturated rings. The molecule has 1 aromatic heterocycles. The van der Waals surface area contributed by atoms with Gasteiger partial charge in [0.25, 0.3) is 0 Å². The predicted molar refractivity (Wildman–Crippen MR) is 80.0 cm³/mol. The summed E-state index contributed by atoms with van der Waals surface area (Å²) in [5.41, 5.74) is 2.13. The van der Waals surface area contributed by atoms with Gasteiger partial charge in [-0.05, 0) is 38.5 Å². The number of phenolic OH excluding ortho intramolecular Hbond substituents is 1. The second-order valence-electron chi connectivity index (χ2n) is 4.97. The summed E-state index contributed by atoms with van der Waals surface area (Å²) in [4.78, 5) is 13.1. The van der Waals surface area contributed by atoms with Crippen molar-refractivity contribution in [3.63, 3.8) is 0 Å². The van der Waals surface area contributed by atoms with Crippen molar-refractivity contribution in [2.75, 3.05) is 11.4 Å². The molecular formula is C16H19NO4. The number of carboxylic acid groups (broad SMARTS) is 1. The van der Waals surface area contributed by atoms with Gasteiger partial charge in [0, 0.05) is 18.3 Å². The number of carbonyl (C=O) groups is 1. The van der Waals surface area contributed by atoms with Gasteiger partial charge in [-0.15, -0.1) is 0 Å². The van der Waals surface area contributed by atoms with Crippen LogP contribution in [0, 0.1) is 13.8 Å². The van der Waals surface area contributed by atoms with E-state index in [9.17, 15) is 9.90 Å². The van der Waals surface area contributed by atoms with Gasteiger partial charge in [-0.2, -0.15) is 0 Å². The Morgan fingerprint density at radius 1 is 1.29 bits per heavy atom. The minimum absolute atomic E-state index is 0.189. The largest absolute Gasteiger partial charge is 0.508 e. The highest BCUT2D eigenvalue weighted by Crippen LogP contribution is 2.27. The Balaban J connectivity index is 2.29. The highest BCUT2D eigenvalue weighted by Gasteiger charge is 2.16. The first-order valence-corrected chi connectivity index (χ1v) is 6.79. The van der Waals surface area contributed by atoms with Crippen LogP contribution in [0.4, 0.5) is 5.69 Å². The monoisotopic (exact) mass is 289 g/mol. The second kappa shape index (κ2) is 5.91. The lowest BCUT2D eigenvalue weighted by Crippen LogP contribution is -2.22. The van der Waals surface area contributed by atoms with E-state index in [1.165, 1.54) is 0 Å². The smallest absolute Gasteiger partial charge is 0.339 e. The molecule has 0 aliphatic heterocycles. The molecule has 5 nitrogen and oxygen atoms in total. The molecule has 5 heteroatoms. The molecule has 0 aliphatic carbocycles. The lowest BCUT2D eigenvalue weighted by molar-refractivity contribution is 0.0695. The zero-order chi connectivity index (χ0) is 15.6. The van der Waals surface area contributed by atoms with Crippen LogP contribution in [0.25, 0.3) is 0 Å². The van der Waals surface area contributed by atoms with Crippen LogP contribution in [0.2, 0.25) is 0 Å². The third kappa shape index (κ3) is 3.18. The summed E-state index contributed by atoms with van der Waals surface area (Å²) in [6, 6.07) is 6.75. The summed E-state index contributed by atoms with van der Waals surface area (Å²) in [6.07, 6.45) is 0. The van der Waals surface area contributed by atoms with Crippen molar-refractivity contribution in [1.82, 2.24) is 0 Å². The van der Waals surface area contributed by atoms with E-state index in [4.69, 9.17) is 9.52 Å². The minimum atomic E-state index is -0.987. The summed E-state index contributed by atoms with van der Waals surface area (Å²) < 4.78 is 5.51. The maximum absolute atomic E-state index is 11.1. The number of hydrogen-bond acceptors (Lipinski definition) is 4. The summed E-state index contributed by atoms with van der Waals surface area (Å²) >= 11 is 0. The minimum Gasteiger partial charge on any atom is -0.508 e. The lowest BCUT2D eigenvalue weighted by atomic mass is 10.1. The van der Waals surface area contributed by atoms with Crippen LogP contribution in [-0.4, -0.2) is 22.7 Å². The Bertz CT molecular complexity index is 660. The van der Waals surface area contributed by atoms with Crippen molar-refractivity contribution >= 4 is 11.7 Å².